The summed E-state index contributed by atoms with van der Waals surface area (Å²) in [6.07, 6.45) is 5.70. The molecule has 0 atom stereocenters. The zero-order chi connectivity index (χ0) is 21.2. The molecule has 0 bridgehead atoms. The fraction of sp³-hybridized carbons (Fsp3) is 0.400. The number of aromatic nitrogens is 1. The fourth-order valence-electron chi connectivity index (χ4n) is 4.93. The number of hydrogen-bond acceptors (Lipinski definition) is 3. The van der Waals surface area contributed by atoms with Crippen molar-refractivity contribution >= 4 is 16.8 Å². The van der Waals surface area contributed by atoms with E-state index in [-0.39, 0.29) is 17.8 Å². The molecule has 2 fully saturated rings. The van der Waals surface area contributed by atoms with Gasteiger partial charge in [-0.2, -0.15) is 0 Å². The van der Waals surface area contributed by atoms with Gasteiger partial charge in [-0.25, -0.2) is 4.39 Å². The van der Waals surface area contributed by atoms with Crippen molar-refractivity contribution in [3.05, 3.63) is 66.1 Å². The summed E-state index contributed by atoms with van der Waals surface area (Å²) in [5.74, 6) is 0.176. The lowest BCUT2D eigenvalue weighted by atomic mass is 9.98. The van der Waals surface area contributed by atoms with Crippen LogP contribution in [0.25, 0.3) is 10.9 Å². The van der Waals surface area contributed by atoms with Gasteiger partial charge < -0.3 is 14.6 Å². The molecule has 5 nitrogen and oxygen atoms in total. The quantitative estimate of drug-likeness (QED) is 0.677. The first kappa shape index (κ1) is 20.1. The minimum absolute atomic E-state index is 0.0664. The number of carbonyl (C=O) groups excluding carboxylic acids is 1. The lowest BCUT2D eigenvalue weighted by Gasteiger charge is -2.41. The predicted octanol–water partition coefficient (Wildman–Crippen LogP) is 4.46. The second-order valence-corrected chi connectivity index (χ2v) is 8.55. The van der Waals surface area contributed by atoms with Gasteiger partial charge in [-0.1, -0.05) is 30.3 Å². The van der Waals surface area contributed by atoms with Crippen LogP contribution in [0.3, 0.4) is 0 Å². The van der Waals surface area contributed by atoms with E-state index in [1.165, 1.54) is 6.07 Å². The van der Waals surface area contributed by atoms with Crippen LogP contribution in [-0.2, 0) is 0 Å². The highest BCUT2D eigenvalue weighted by Crippen LogP contribution is 2.26. The van der Waals surface area contributed by atoms with Crippen molar-refractivity contribution in [2.24, 2.45) is 0 Å². The Hall–Kier alpha value is -2.86. The molecular weight excluding hydrogens is 393 g/mol. The third-order valence-electron chi connectivity index (χ3n) is 6.69. The second-order valence-electron chi connectivity index (χ2n) is 8.55. The summed E-state index contributed by atoms with van der Waals surface area (Å²) < 4.78 is 19.7. The van der Waals surface area contributed by atoms with Gasteiger partial charge in [-0.3, -0.25) is 9.69 Å². The van der Waals surface area contributed by atoms with Crippen molar-refractivity contribution < 1.29 is 13.9 Å². The van der Waals surface area contributed by atoms with E-state index in [9.17, 15) is 9.18 Å². The zero-order valence-electron chi connectivity index (χ0n) is 17.6. The molecule has 162 valence electrons. The van der Waals surface area contributed by atoms with Crippen LogP contribution in [0.2, 0.25) is 0 Å². The number of fused-ring (bicyclic) bond motifs is 1. The van der Waals surface area contributed by atoms with Crippen molar-refractivity contribution in [2.75, 3.05) is 26.2 Å². The highest BCUT2D eigenvalue weighted by molar-refractivity contribution is 6.06. The number of benzene rings is 2. The van der Waals surface area contributed by atoms with Crippen LogP contribution in [0.15, 0.2) is 54.7 Å². The summed E-state index contributed by atoms with van der Waals surface area (Å²) in [6.45, 7) is 3.49. The van der Waals surface area contributed by atoms with E-state index in [1.54, 1.807) is 18.2 Å². The molecule has 1 amide bonds. The normalized spacial score (nSPS) is 19.1. The van der Waals surface area contributed by atoms with Crippen LogP contribution in [0.5, 0.6) is 5.75 Å². The molecule has 2 aliphatic rings. The van der Waals surface area contributed by atoms with Crippen molar-refractivity contribution in [1.29, 1.82) is 0 Å². The maximum Gasteiger partial charge on any atom is 0.256 e. The van der Waals surface area contributed by atoms with Crippen molar-refractivity contribution in [1.82, 2.24) is 14.8 Å². The molecule has 6 heteroatoms. The summed E-state index contributed by atoms with van der Waals surface area (Å²) in [5, 5.41) is 0.992. The van der Waals surface area contributed by atoms with Crippen molar-refractivity contribution in [3.63, 3.8) is 0 Å². The molecule has 5 rings (SSSR count). The van der Waals surface area contributed by atoms with E-state index in [2.05, 4.69) is 9.88 Å². The molecule has 1 N–H and O–H groups in total. The summed E-state index contributed by atoms with van der Waals surface area (Å²) in [6, 6.07) is 15.1. The first-order valence-corrected chi connectivity index (χ1v) is 11.2. The smallest absolute Gasteiger partial charge is 0.256 e. The molecule has 0 aliphatic carbocycles. The number of H-pyrrole nitrogens is 1. The Bertz CT molecular complexity index is 1050. The number of piperidine rings is 2. The van der Waals surface area contributed by atoms with Gasteiger partial charge >= 0.3 is 0 Å². The number of hydrogen-bond donors (Lipinski definition) is 1. The molecule has 3 aromatic rings. The molecule has 2 aliphatic heterocycles. The Morgan fingerprint density at radius 3 is 2.42 bits per heavy atom. The number of nitrogens with one attached hydrogen (secondary N) is 1. The number of para-hydroxylation sites is 2. The van der Waals surface area contributed by atoms with E-state index in [1.807, 2.05) is 35.4 Å². The molecule has 2 aromatic carbocycles. The van der Waals surface area contributed by atoms with E-state index in [0.717, 1.165) is 68.3 Å². The van der Waals surface area contributed by atoms with Gasteiger partial charge in [0.15, 0.2) is 11.6 Å². The van der Waals surface area contributed by atoms with Gasteiger partial charge in [0.1, 0.15) is 6.10 Å². The molecule has 3 heterocycles. The van der Waals surface area contributed by atoms with Gasteiger partial charge in [-0.15, -0.1) is 0 Å². The van der Waals surface area contributed by atoms with Gasteiger partial charge in [0.2, 0.25) is 0 Å². The van der Waals surface area contributed by atoms with Gasteiger partial charge in [0.05, 0.1) is 5.56 Å². The minimum atomic E-state index is -0.294. The Morgan fingerprint density at radius 1 is 0.935 bits per heavy atom. The average molecular weight is 422 g/mol. The average Bonchev–Trinajstić information content (AvgIpc) is 3.25. The molecule has 1 aromatic heterocycles. The Labute approximate surface area is 181 Å². The van der Waals surface area contributed by atoms with E-state index >= 15 is 0 Å². The maximum atomic E-state index is 13.8. The van der Waals surface area contributed by atoms with E-state index in [4.69, 9.17) is 4.74 Å². The van der Waals surface area contributed by atoms with E-state index < -0.39 is 0 Å². The van der Waals surface area contributed by atoms with Crippen molar-refractivity contribution in [2.45, 2.75) is 37.8 Å². The molecule has 2 saturated heterocycles. The number of amides is 1. The van der Waals surface area contributed by atoms with Gasteiger partial charge in [-0.05, 0) is 43.9 Å². The SMILES string of the molecule is O=C(c1c[nH]c2ccccc12)N1CCC(N2CCC(Oc3ccccc3F)CC2)CC1. The number of aromatic amines is 1. The number of ether oxygens (including phenoxy) is 1. The number of likely N-dealkylation sites (tertiary alicyclic amines) is 2. The Morgan fingerprint density at radius 2 is 1.65 bits per heavy atom. The second kappa shape index (κ2) is 8.71. The standard InChI is InChI=1S/C25H28FN3O2/c26-22-6-2-4-8-24(22)31-19-11-15-28(16-12-19)18-9-13-29(14-10-18)25(30)21-17-27-23-7-3-1-5-20(21)23/h1-8,17-19,27H,9-16H2. The fourth-order valence-corrected chi connectivity index (χ4v) is 4.93. The first-order chi connectivity index (χ1) is 15.2. The van der Waals surface area contributed by atoms with Gasteiger partial charge in [0.25, 0.3) is 5.91 Å². The molecule has 0 saturated carbocycles. The molecule has 0 radical (unpaired) electrons. The third-order valence-corrected chi connectivity index (χ3v) is 6.69. The number of halogens is 1. The van der Waals surface area contributed by atoms with Crippen molar-refractivity contribution in [3.8, 4) is 5.75 Å². The van der Waals surface area contributed by atoms with E-state index in [0.29, 0.717) is 11.8 Å². The lowest BCUT2D eigenvalue weighted by Crippen LogP contribution is -2.50. The highest BCUT2D eigenvalue weighted by atomic mass is 19.1. The summed E-state index contributed by atoms with van der Waals surface area (Å²) in [7, 11) is 0. The summed E-state index contributed by atoms with van der Waals surface area (Å²) >= 11 is 0. The Kier molecular flexibility index (Phi) is 5.64. The number of rotatable bonds is 4. The number of carbonyl (C=O) groups is 1. The molecular formula is C25H28FN3O2. The first-order valence-electron chi connectivity index (χ1n) is 11.2. The number of nitrogens with zero attached hydrogens (tertiary/aromatic N) is 2. The molecule has 31 heavy (non-hydrogen) atoms. The van der Waals surface area contributed by atoms with Crippen LogP contribution in [0.4, 0.5) is 4.39 Å². The van der Waals surface area contributed by atoms with Crippen LogP contribution in [0.1, 0.15) is 36.0 Å². The molecule has 0 spiro atoms. The molecule has 0 unspecified atom stereocenters. The zero-order valence-corrected chi connectivity index (χ0v) is 17.6. The van der Waals surface area contributed by atoms with Crippen LogP contribution >= 0.6 is 0 Å². The van der Waals surface area contributed by atoms with Crippen LogP contribution < -0.4 is 4.74 Å². The van der Waals surface area contributed by atoms with Gasteiger partial charge in [0, 0.05) is 49.3 Å². The summed E-state index contributed by atoms with van der Waals surface area (Å²) in [4.78, 5) is 20.8. The summed E-state index contributed by atoms with van der Waals surface area (Å²) in [5.41, 5.74) is 1.77. The lowest BCUT2D eigenvalue weighted by molar-refractivity contribution is 0.0417. The van der Waals surface area contributed by atoms with Crippen LogP contribution in [0, 0.1) is 5.82 Å². The highest BCUT2D eigenvalue weighted by Gasteiger charge is 2.31. The maximum absolute atomic E-state index is 13.8. The predicted molar refractivity (Wildman–Crippen MR) is 119 cm³/mol. The topological polar surface area (TPSA) is 48.6 Å². The largest absolute Gasteiger partial charge is 0.487 e. The van der Waals surface area contributed by atoms with Crippen LogP contribution in [-0.4, -0.2) is 59.0 Å². The Balaban J connectivity index is 1.13. The monoisotopic (exact) mass is 421 g/mol. The third kappa shape index (κ3) is 4.17. The minimum Gasteiger partial charge on any atom is -0.487 e.